The number of carbonyl (C=O) groups excluding carboxylic acids is 1. The highest BCUT2D eigenvalue weighted by Crippen LogP contribution is 2.29. The van der Waals surface area contributed by atoms with Gasteiger partial charge in [-0.3, -0.25) is 4.79 Å². The fraction of sp³-hybridized carbons (Fsp3) is 0.444. The number of rotatable bonds is 6. The largest absolute Gasteiger partial charge is 0.497 e. The minimum atomic E-state index is -0.413. The molecule has 1 saturated heterocycles. The van der Waals surface area contributed by atoms with Gasteiger partial charge in [0.15, 0.2) is 0 Å². The molecule has 24 heavy (non-hydrogen) atoms. The fourth-order valence-corrected chi connectivity index (χ4v) is 3.25. The van der Waals surface area contributed by atoms with Crippen LogP contribution in [-0.4, -0.2) is 43.9 Å². The summed E-state index contributed by atoms with van der Waals surface area (Å²) in [6.07, 6.45) is 2.14. The van der Waals surface area contributed by atoms with Crippen molar-refractivity contribution in [1.82, 2.24) is 10.3 Å². The Hall–Kier alpha value is -2.34. The monoisotopic (exact) mass is 330 g/mol. The number of amides is 1. The van der Waals surface area contributed by atoms with Crippen LogP contribution in [0.15, 0.2) is 30.5 Å². The van der Waals surface area contributed by atoms with Gasteiger partial charge in [0.25, 0.3) is 0 Å². The molecule has 3 atom stereocenters. The van der Waals surface area contributed by atoms with Crippen LogP contribution in [0.5, 0.6) is 11.6 Å². The van der Waals surface area contributed by atoms with Crippen LogP contribution in [0.1, 0.15) is 13.3 Å². The quantitative estimate of drug-likeness (QED) is 0.879. The summed E-state index contributed by atoms with van der Waals surface area (Å²) in [7, 11) is 3.19. The van der Waals surface area contributed by atoms with Crippen molar-refractivity contribution in [3.05, 3.63) is 30.5 Å². The standard InChI is InChI=1S/C18H22N2O4/c1-4-13-15(20-17(21)16(13)23-3)10-24-18-14-9-12(22-2)6-5-11(14)7-8-19-18/h5-9,13,15-16H,4,10H2,1-3H3,(H,20,21)/t13-,15+,16-/m0/s1. The van der Waals surface area contributed by atoms with E-state index < -0.39 is 6.10 Å². The van der Waals surface area contributed by atoms with E-state index in [0.29, 0.717) is 12.5 Å². The van der Waals surface area contributed by atoms with Crippen molar-refractivity contribution in [2.75, 3.05) is 20.8 Å². The number of nitrogens with zero attached hydrogens (tertiary/aromatic N) is 1. The van der Waals surface area contributed by atoms with Gasteiger partial charge in [0.1, 0.15) is 18.5 Å². The fourth-order valence-electron chi connectivity index (χ4n) is 3.25. The smallest absolute Gasteiger partial charge is 0.249 e. The van der Waals surface area contributed by atoms with Gasteiger partial charge in [-0.2, -0.15) is 0 Å². The van der Waals surface area contributed by atoms with E-state index in [1.54, 1.807) is 20.4 Å². The molecule has 0 spiro atoms. The van der Waals surface area contributed by atoms with Crippen LogP contribution >= 0.6 is 0 Å². The number of benzene rings is 1. The van der Waals surface area contributed by atoms with Crippen LogP contribution in [0.3, 0.4) is 0 Å². The Morgan fingerprint density at radius 3 is 2.79 bits per heavy atom. The molecule has 1 amide bonds. The van der Waals surface area contributed by atoms with E-state index in [4.69, 9.17) is 14.2 Å². The van der Waals surface area contributed by atoms with E-state index in [1.807, 2.05) is 31.2 Å². The molecule has 1 fully saturated rings. The van der Waals surface area contributed by atoms with Crippen LogP contribution in [0.2, 0.25) is 0 Å². The summed E-state index contributed by atoms with van der Waals surface area (Å²) in [5.74, 6) is 1.30. The summed E-state index contributed by atoms with van der Waals surface area (Å²) in [4.78, 5) is 16.3. The maximum Gasteiger partial charge on any atom is 0.249 e. The van der Waals surface area contributed by atoms with Gasteiger partial charge in [-0.1, -0.05) is 13.0 Å². The van der Waals surface area contributed by atoms with E-state index in [0.717, 1.165) is 22.9 Å². The van der Waals surface area contributed by atoms with Crippen molar-refractivity contribution in [2.24, 2.45) is 5.92 Å². The number of fused-ring (bicyclic) bond motifs is 1. The number of aromatic nitrogens is 1. The number of carbonyl (C=O) groups is 1. The van der Waals surface area contributed by atoms with Crippen molar-refractivity contribution in [1.29, 1.82) is 0 Å². The third-order valence-electron chi connectivity index (χ3n) is 4.55. The van der Waals surface area contributed by atoms with E-state index in [-0.39, 0.29) is 17.9 Å². The molecule has 128 valence electrons. The van der Waals surface area contributed by atoms with E-state index in [1.165, 1.54) is 0 Å². The molecule has 0 bridgehead atoms. The molecule has 0 aliphatic carbocycles. The average Bonchev–Trinajstić information content (AvgIpc) is 2.93. The first kappa shape index (κ1) is 16.5. The van der Waals surface area contributed by atoms with Crippen molar-refractivity contribution in [3.63, 3.8) is 0 Å². The van der Waals surface area contributed by atoms with E-state index in [9.17, 15) is 4.79 Å². The third-order valence-corrected chi connectivity index (χ3v) is 4.55. The van der Waals surface area contributed by atoms with E-state index in [2.05, 4.69) is 10.3 Å². The number of nitrogens with one attached hydrogen (secondary N) is 1. The third kappa shape index (κ3) is 3.01. The molecule has 1 N–H and O–H groups in total. The van der Waals surface area contributed by atoms with Crippen LogP contribution in [-0.2, 0) is 9.53 Å². The van der Waals surface area contributed by atoms with Crippen LogP contribution in [0, 0.1) is 5.92 Å². The number of ether oxygens (including phenoxy) is 3. The predicted octanol–water partition coefficient (Wildman–Crippen LogP) is 2.16. The Balaban J connectivity index is 1.79. The van der Waals surface area contributed by atoms with Gasteiger partial charge in [0.2, 0.25) is 11.8 Å². The van der Waals surface area contributed by atoms with Gasteiger partial charge in [-0.05, 0) is 30.0 Å². The van der Waals surface area contributed by atoms with Crippen molar-refractivity contribution in [3.8, 4) is 11.6 Å². The Bertz CT molecular complexity index is 734. The lowest BCUT2D eigenvalue weighted by Gasteiger charge is -2.20. The zero-order valence-electron chi connectivity index (χ0n) is 14.1. The SMILES string of the molecule is CC[C@@H]1[C@H](OC)C(=O)N[C@@H]1COc1nccc2ccc(OC)cc12. The molecule has 1 aliphatic heterocycles. The number of methoxy groups -OCH3 is 2. The van der Waals surface area contributed by atoms with Crippen LogP contribution in [0.25, 0.3) is 10.8 Å². The molecule has 2 heterocycles. The van der Waals surface area contributed by atoms with Gasteiger partial charge in [0, 0.05) is 24.6 Å². The summed E-state index contributed by atoms with van der Waals surface area (Å²) < 4.78 is 16.5. The zero-order valence-corrected chi connectivity index (χ0v) is 14.1. The Morgan fingerprint density at radius 2 is 2.08 bits per heavy atom. The molecule has 0 saturated carbocycles. The normalized spacial score (nSPS) is 23.3. The molecule has 0 unspecified atom stereocenters. The lowest BCUT2D eigenvalue weighted by molar-refractivity contribution is -0.128. The van der Waals surface area contributed by atoms with Crippen molar-refractivity contribution in [2.45, 2.75) is 25.5 Å². The second-order valence-electron chi connectivity index (χ2n) is 5.86. The maximum atomic E-state index is 12.0. The minimum Gasteiger partial charge on any atom is -0.497 e. The summed E-state index contributed by atoms with van der Waals surface area (Å²) in [5.41, 5.74) is 0. The first-order chi connectivity index (χ1) is 11.7. The maximum absolute atomic E-state index is 12.0. The Morgan fingerprint density at radius 1 is 1.25 bits per heavy atom. The molecule has 1 aromatic carbocycles. The lowest BCUT2D eigenvalue weighted by Crippen LogP contribution is -2.35. The predicted molar refractivity (Wildman–Crippen MR) is 90.3 cm³/mol. The van der Waals surface area contributed by atoms with Crippen molar-refractivity contribution < 1.29 is 19.0 Å². The van der Waals surface area contributed by atoms with Crippen LogP contribution < -0.4 is 14.8 Å². The molecule has 0 radical (unpaired) electrons. The number of hydrogen-bond acceptors (Lipinski definition) is 5. The second-order valence-corrected chi connectivity index (χ2v) is 5.86. The van der Waals surface area contributed by atoms with Crippen molar-refractivity contribution >= 4 is 16.7 Å². The van der Waals surface area contributed by atoms with Gasteiger partial charge < -0.3 is 19.5 Å². The zero-order chi connectivity index (χ0) is 17.1. The molecular weight excluding hydrogens is 308 g/mol. The number of hydrogen-bond donors (Lipinski definition) is 1. The Kier molecular flexibility index (Phi) is 4.85. The molecule has 2 aromatic rings. The summed E-state index contributed by atoms with van der Waals surface area (Å²) in [5, 5.41) is 4.87. The molecular formula is C18H22N2O4. The van der Waals surface area contributed by atoms with E-state index >= 15 is 0 Å². The summed E-state index contributed by atoms with van der Waals surface area (Å²) >= 11 is 0. The summed E-state index contributed by atoms with van der Waals surface area (Å²) in [6, 6.07) is 7.61. The second kappa shape index (κ2) is 7.05. The molecule has 1 aliphatic rings. The minimum absolute atomic E-state index is 0.0782. The molecule has 6 nitrogen and oxygen atoms in total. The highest BCUT2D eigenvalue weighted by molar-refractivity contribution is 5.88. The lowest BCUT2D eigenvalue weighted by atomic mass is 9.96. The summed E-state index contributed by atoms with van der Waals surface area (Å²) in [6.45, 7) is 2.40. The van der Waals surface area contributed by atoms with Gasteiger partial charge in [-0.15, -0.1) is 0 Å². The molecule has 3 rings (SSSR count). The highest BCUT2D eigenvalue weighted by Gasteiger charge is 2.41. The first-order valence-electron chi connectivity index (χ1n) is 8.06. The molecule has 1 aromatic heterocycles. The van der Waals surface area contributed by atoms with Gasteiger partial charge in [-0.25, -0.2) is 4.98 Å². The molecule has 6 heteroatoms. The Labute approximate surface area is 141 Å². The van der Waals surface area contributed by atoms with Crippen LogP contribution in [0.4, 0.5) is 0 Å². The van der Waals surface area contributed by atoms with Gasteiger partial charge >= 0.3 is 0 Å². The average molecular weight is 330 g/mol. The topological polar surface area (TPSA) is 69.7 Å². The highest BCUT2D eigenvalue weighted by atomic mass is 16.5. The number of pyridine rings is 1. The van der Waals surface area contributed by atoms with Gasteiger partial charge in [0.05, 0.1) is 13.2 Å². The first-order valence-corrected chi connectivity index (χ1v) is 8.06.